The predicted octanol–water partition coefficient (Wildman–Crippen LogP) is 3.61. The van der Waals surface area contributed by atoms with Gasteiger partial charge < -0.3 is 14.8 Å². The van der Waals surface area contributed by atoms with Gasteiger partial charge in [-0.15, -0.1) is 0 Å². The van der Waals surface area contributed by atoms with Crippen LogP contribution in [0.25, 0.3) is 0 Å². The van der Waals surface area contributed by atoms with Crippen LogP contribution >= 0.6 is 11.6 Å². The van der Waals surface area contributed by atoms with Gasteiger partial charge in [-0.05, 0) is 30.3 Å². The number of halogens is 1. The van der Waals surface area contributed by atoms with E-state index >= 15 is 0 Å². The smallest absolute Gasteiger partial charge is 0.259 e. The topological polar surface area (TPSA) is 47.6 Å². The molecule has 0 aliphatic rings. The molecule has 5 heteroatoms. The quantitative estimate of drug-likeness (QED) is 0.936. The van der Waals surface area contributed by atoms with Gasteiger partial charge in [-0.25, -0.2) is 0 Å². The molecule has 0 heterocycles. The van der Waals surface area contributed by atoms with Gasteiger partial charge in [-0.2, -0.15) is 0 Å². The third-order valence-electron chi connectivity index (χ3n) is 2.73. The molecule has 2 aromatic carbocycles. The summed E-state index contributed by atoms with van der Waals surface area (Å²) in [7, 11) is 3.08. The number of nitrogens with one attached hydrogen (secondary N) is 1. The maximum absolute atomic E-state index is 12.3. The van der Waals surface area contributed by atoms with Crippen molar-refractivity contribution in [3.05, 3.63) is 53.1 Å². The van der Waals surface area contributed by atoms with E-state index in [2.05, 4.69) is 5.32 Å². The Kier molecular flexibility index (Phi) is 4.48. The molecule has 0 bridgehead atoms. The molecular formula is C15H14ClNO3. The van der Waals surface area contributed by atoms with Crippen LogP contribution in [0.1, 0.15) is 10.4 Å². The van der Waals surface area contributed by atoms with Crippen LogP contribution in [-0.2, 0) is 0 Å². The summed E-state index contributed by atoms with van der Waals surface area (Å²) in [4.78, 5) is 12.3. The van der Waals surface area contributed by atoms with Crippen molar-refractivity contribution in [3.63, 3.8) is 0 Å². The first-order chi connectivity index (χ1) is 9.63. The maximum atomic E-state index is 12.3. The molecule has 104 valence electrons. The number of anilines is 1. The van der Waals surface area contributed by atoms with Crippen molar-refractivity contribution in [1.29, 1.82) is 0 Å². The van der Waals surface area contributed by atoms with E-state index in [1.54, 1.807) is 49.6 Å². The molecule has 20 heavy (non-hydrogen) atoms. The van der Waals surface area contributed by atoms with Gasteiger partial charge in [0.25, 0.3) is 5.91 Å². The Bertz CT molecular complexity index is 628. The van der Waals surface area contributed by atoms with Gasteiger partial charge in [-0.3, -0.25) is 4.79 Å². The Morgan fingerprint density at radius 2 is 1.90 bits per heavy atom. The number of carbonyl (C=O) groups is 1. The highest BCUT2D eigenvalue weighted by molar-refractivity contribution is 6.31. The molecule has 0 radical (unpaired) electrons. The van der Waals surface area contributed by atoms with E-state index in [0.717, 1.165) is 0 Å². The summed E-state index contributed by atoms with van der Waals surface area (Å²) in [5.74, 6) is 0.841. The molecule has 0 saturated carbocycles. The van der Waals surface area contributed by atoms with Crippen LogP contribution in [0.2, 0.25) is 5.02 Å². The van der Waals surface area contributed by atoms with Crippen molar-refractivity contribution in [2.75, 3.05) is 19.5 Å². The zero-order valence-electron chi connectivity index (χ0n) is 11.1. The molecule has 1 N–H and O–H groups in total. The maximum Gasteiger partial charge on any atom is 0.259 e. The average Bonchev–Trinajstić information content (AvgIpc) is 2.47. The molecule has 4 nitrogen and oxygen atoms in total. The van der Waals surface area contributed by atoms with Crippen LogP contribution in [0.5, 0.6) is 11.5 Å². The summed E-state index contributed by atoms with van der Waals surface area (Å²) in [6.45, 7) is 0. The van der Waals surface area contributed by atoms with Gasteiger partial charge in [0, 0.05) is 16.8 Å². The predicted molar refractivity (Wildman–Crippen MR) is 79.0 cm³/mol. The number of rotatable bonds is 4. The first-order valence-electron chi connectivity index (χ1n) is 5.93. The van der Waals surface area contributed by atoms with Crippen LogP contribution in [-0.4, -0.2) is 20.1 Å². The summed E-state index contributed by atoms with van der Waals surface area (Å²) in [5, 5.41) is 3.25. The fourth-order valence-corrected chi connectivity index (χ4v) is 1.93. The van der Waals surface area contributed by atoms with Crippen molar-refractivity contribution < 1.29 is 14.3 Å². The van der Waals surface area contributed by atoms with Gasteiger partial charge in [-0.1, -0.05) is 17.7 Å². The second kappa shape index (κ2) is 6.30. The summed E-state index contributed by atoms with van der Waals surface area (Å²) < 4.78 is 10.3. The number of hydrogen-bond donors (Lipinski definition) is 1. The molecule has 0 saturated heterocycles. The van der Waals surface area contributed by atoms with Gasteiger partial charge in [0.1, 0.15) is 11.5 Å². The Labute approximate surface area is 122 Å². The first kappa shape index (κ1) is 14.2. The Hall–Kier alpha value is -2.20. The zero-order valence-corrected chi connectivity index (χ0v) is 11.9. The van der Waals surface area contributed by atoms with Crippen molar-refractivity contribution >= 4 is 23.2 Å². The highest BCUT2D eigenvalue weighted by Gasteiger charge is 2.13. The fourth-order valence-electron chi connectivity index (χ4n) is 1.76. The standard InChI is InChI=1S/C15H14ClNO3/c1-19-12-5-3-4-11(9-12)17-15(18)13-8-10(16)6-7-14(13)20-2/h3-9H,1-2H3,(H,17,18). The minimum absolute atomic E-state index is 0.294. The Morgan fingerprint density at radius 3 is 2.60 bits per heavy atom. The lowest BCUT2D eigenvalue weighted by Crippen LogP contribution is -2.13. The molecule has 0 aromatic heterocycles. The summed E-state index contributed by atoms with van der Waals surface area (Å²) in [5.41, 5.74) is 1.01. The highest BCUT2D eigenvalue weighted by atomic mass is 35.5. The van der Waals surface area contributed by atoms with Crippen LogP contribution < -0.4 is 14.8 Å². The SMILES string of the molecule is COc1cccc(NC(=O)c2cc(Cl)ccc2OC)c1. The van der Waals surface area contributed by atoms with E-state index in [1.807, 2.05) is 0 Å². The van der Waals surface area contributed by atoms with E-state index in [-0.39, 0.29) is 5.91 Å². The van der Waals surface area contributed by atoms with Gasteiger partial charge >= 0.3 is 0 Å². The molecule has 0 atom stereocenters. The molecule has 2 rings (SSSR count). The highest BCUT2D eigenvalue weighted by Crippen LogP contribution is 2.24. The third kappa shape index (κ3) is 3.22. The largest absolute Gasteiger partial charge is 0.497 e. The first-order valence-corrected chi connectivity index (χ1v) is 6.31. The van der Waals surface area contributed by atoms with E-state index in [9.17, 15) is 4.79 Å². The number of benzene rings is 2. The molecule has 1 amide bonds. The number of methoxy groups -OCH3 is 2. The van der Waals surface area contributed by atoms with Gasteiger partial charge in [0.05, 0.1) is 19.8 Å². The normalized spacial score (nSPS) is 9.95. The minimum atomic E-state index is -0.294. The van der Waals surface area contributed by atoms with E-state index in [1.165, 1.54) is 7.11 Å². The van der Waals surface area contributed by atoms with Gasteiger partial charge in [0.2, 0.25) is 0 Å². The molecule has 0 aliphatic carbocycles. The minimum Gasteiger partial charge on any atom is -0.497 e. The Morgan fingerprint density at radius 1 is 1.10 bits per heavy atom. The van der Waals surface area contributed by atoms with Crippen LogP contribution in [0, 0.1) is 0 Å². The fraction of sp³-hybridized carbons (Fsp3) is 0.133. The molecule has 0 aliphatic heterocycles. The lowest BCUT2D eigenvalue weighted by molar-refractivity contribution is 0.102. The summed E-state index contributed by atoms with van der Waals surface area (Å²) in [6.07, 6.45) is 0. The lowest BCUT2D eigenvalue weighted by atomic mass is 10.2. The Balaban J connectivity index is 2.25. The van der Waals surface area contributed by atoms with Crippen LogP contribution in [0.4, 0.5) is 5.69 Å². The van der Waals surface area contributed by atoms with Crippen molar-refractivity contribution in [2.45, 2.75) is 0 Å². The number of carbonyl (C=O) groups excluding carboxylic acids is 1. The second-order valence-electron chi connectivity index (χ2n) is 4.03. The molecule has 2 aromatic rings. The number of hydrogen-bond acceptors (Lipinski definition) is 3. The molecule has 0 spiro atoms. The van der Waals surface area contributed by atoms with Gasteiger partial charge in [0.15, 0.2) is 0 Å². The van der Waals surface area contributed by atoms with E-state index in [0.29, 0.717) is 27.8 Å². The van der Waals surface area contributed by atoms with Crippen molar-refractivity contribution in [2.24, 2.45) is 0 Å². The number of amides is 1. The van der Waals surface area contributed by atoms with Crippen molar-refractivity contribution in [1.82, 2.24) is 0 Å². The number of ether oxygens (including phenoxy) is 2. The van der Waals surface area contributed by atoms with Crippen LogP contribution in [0.3, 0.4) is 0 Å². The lowest BCUT2D eigenvalue weighted by Gasteiger charge is -2.10. The second-order valence-corrected chi connectivity index (χ2v) is 4.47. The van der Waals surface area contributed by atoms with E-state index < -0.39 is 0 Å². The average molecular weight is 292 g/mol. The summed E-state index contributed by atoms with van der Waals surface area (Å²) in [6, 6.07) is 12.0. The van der Waals surface area contributed by atoms with E-state index in [4.69, 9.17) is 21.1 Å². The zero-order chi connectivity index (χ0) is 14.5. The van der Waals surface area contributed by atoms with Crippen LogP contribution in [0.15, 0.2) is 42.5 Å². The summed E-state index contributed by atoms with van der Waals surface area (Å²) >= 11 is 5.91. The molecule has 0 fully saturated rings. The molecular weight excluding hydrogens is 278 g/mol. The molecule has 0 unspecified atom stereocenters. The third-order valence-corrected chi connectivity index (χ3v) is 2.97. The van der Waals surface area contributed by atoms with Crippen molar-refractivity contribution in [3.8, 4) is 11.5 Å². The monoisotopic (exact) mass is 291 g/mol.